The Kier molecular flexibility index (Phi) is 3.41. The van der Waals surface area contributed by atoms with Crippen LogP contribution in [0.3, 0.4) is 0 Å². The molecular formula is C12H20N2O. The molecule has 0 spiro atoms. The number of carbonyl (C=O) groups is 1. The van der Waals surface area contributed by atoms with E-state index in [4.69, 9.17) is 0 Å². The predicted molar refractivity (Wildman–Crippen MR) is 60.6 cm³/mol. The highest BCUT2D eigenvalue weighted by molar-refractivity contribution is 5.95. The van der Waals surface area contributed by atoms with E-state index in [1.165, 1.54) is 6.42 Å². The molecule has 1 aliphatic carbocycles. The Morgan fingerprint density at radius 3 is 2.40 bits per heavy atom. The molecule has 15 heavy (non-hydrogen) atoms. The standard InChI is InChI=1S/C12H20N2O/c1-13-6-8-14(9-7-13)10-11-4-2-3-5-12(11)15/h10H,2-9H2,1H3. The second-order valence-corrected chi connectivity index (χ2v) is 4.62. The predicted octanol–water partition coefficient (Wildman–Crippen LogP) is 1.26. The van der Waals surface area contributed by atoms with Crippen molar-refractivity contribution in [3.8, 4) is 0 Å². The van der Waals surface area contributed by atoms with Gasteiger partial charge in [-0.3, -0.25) is 4.79 Å². The van der Waals surface area contributed by atoms with Gasteiger partial charge in [0.05, 0.1) is 0 Å². The van der Waals surface area contributed by atoms with Gasteiger partial charge in [0.1, 0.15) is 0 Å². The number of likely N-dealkylation sites (N-methyl/N-ethyl adjacent to an activating group) is 1. The number of allylic oxidation sites excluding steroid dienone is 1. The highest BCUT2D eigenvalue weighted by Crippen LogP contribution is 2.20. The molecule has 3 heteroatoms. The summed E-state index contributed by atoms with van der Waals surface area (Å²) in [6, 6.07) is 0. The maximum Gasteiger partial charge on any atom is 0.160 e. The third-order valence-electron chi connectivity index (χ3n) is 3.33. The third-order valence-corrected chi connectivity index (χ3v) is 3.33. The maximum atomic E-state index is 11.6. The maximum absolute atomic E-state index is 11.6. The molecule has 2 fully saturated rings. The molecule has 0 atom stereocenters. The molecule has 0 N–H and O–H groups in total. The molecular weight excluding hydrogens is 188 g/mol. The number of ketones is 1. The van der Waals surface area contributed by atoms with Crippen molar-refractivity contribution >= 4 is 5.78 Å². The van der Waals surface area contributed by atoms with Crippen LogP contribution in [0.1, 0.15) is 25.7 Å². The molecule has 2 aliphatic rings. The van der Waals surface area contributed by atoms with Gasteiger partial charge in [0.15, 0.2) is 5.78 Å². The minimum absolute atomic E-state index is 0.375. The Balaban J connectivity index is 1.93. The molecule has 0 amide bonds. The lowest BCUT2D eigenvalue weighted by Crippen LogP contribution is -2.42. The summed E-state index contributed by atoms with van der Waals surface area (Å²) in [4.78, 5) is 16.3. The average molecular weight is 208 g/mol. The molecule has 0 aromatic rings. The topological polar surface area (TPSA) is 23.6 Å². The summed E-state index contributed by atoms with van der Waals surface area (Å²) in [5.41, 5.74) is 1.06. The van der Waals surface area contributed by atoms with Crippen molar-refractivity contribution < 1.29 is 4.79 Å². The second kappa shape index (κ2) is 4.79. The van der Waals surface area contributed by atoms with Crippen LogP contribution in [0, 0.1) is 0 Å². The van der Waals surface area contributed by atoms with Crippen LogP contribution in [0.15, 0.2) is 11.8 Å². The zero-order chi connectivity index (χ0) is 10.7. The van der Waals surface area contributed by atoms with E-state index in [1.807, 2.05) is 0 Å². The van der Waals surface area contributed by atoms with Crippen molar-refractivity contribution in [3.05, 3.63) is 11.8 Å². The van der Waals surface area contributed by atoms with Gasteiger partial charge in [-0.05, 0) is 26.3 Å². The van der Waals surface area contributed by atoms with Gasteiger partial charge in [-0.2, -0.15) is 0 Å². The van der Waals surface area contributed by atoms with Gasteiger partial charge in [0.25, 0.3) is 0 Å². The van der Waals surface area contributed by atoms with Crippen molar-refractivity contribution in [2.75, 3.05) is 33.2 Å². The Hall–Kier alpha value is -0.830. The minimum Gasteiger partial charge on any atom is -0.374 e. The van der Waals surface area contributed by atoms with Crippen molar-refractivity contribution in [2.45, 2.75) is 25.7 Å². The molecule has 0 aromatic carbocycles. The quantitative estimate of drug-likeness (QED) is 0.606. The van der Waals surface area contributed by atoms with Crippen LogP contribution in [0.25, 0.3) is 0 Å². The van der Waals surface area contributed by atoms with Crippen LogP contribution in [0.4, 0.5) is 0 Å². The first kappa shape index (κ1) is 10.7. The van der Waals surface area contributed by atoms with E-state index in [-0.39, 0.29) is 0 Å². The monoisotopic (exact) mass is 208 g/mol. The normalized spacial score (nSPS) is 27.4. The fraction of sp³-hybridized carbons (Fsp3) is 0.750. The van der Waals surface area contributed by atoms with Crippen LogP contribution in [0.5, 0.6) is 0 Å². The van der Waals surface area contributed by atoms with E-state index in [1.54, 1.807) is 0 Å². The van der Waals surface area contributed by atoms with E-state index < -0.39 is 0 Å². The fourth-order valence-electron chi connectivity index (χ4n) is 2.21. The Labute approximate surface area is 91.7 Å². The van der Waals surface area contributed by atoms with Gasteiger partial charge in [-0.15, -0.1) is 0 Å². The number of Topliss-reactive ketones (excluding diaryl/α,β-unsaturated/α-hetero) is 1. The van der Waals surface area contributed by atoms with Gasteiger partial charge >= 0.3 is 0 Å². The van der Waals surface area contributed by atoms with Gasteiger partial charge in [-0.1, -0.05) is 0 Å². The summed E-state index contributed by atoms with van der Waals surface area (Å²) in [5.74, 6) is 0.375. The highest BCUT2D eigenvalue weighted by atomic mass is 16.1. The Morgan fingerprint density at radius 2 is 1.73 bits per heavy atom. The summed E-state index contributed by atoms with van der Waals surface area (Å²) >= 11 is 0. The average Bonchev–Trinajstić information content (AvgIpc) is 2.25. The summed E-state index contributed by atoms with van der Waals surface area (Å²) in [5, 5.41) is 0. The Morgan fingerprint density at radius 1 is 1.07 bits per heavy atom. The van der Waals surface area contributed by atoms with E-state index in [9.17, 15) is 4.79 Å². The lowest BCUT2D eigenvalue weighted by molar-refractivity contribution is -0.116. The summed E-state index contributed by atoms with van der Waals surface area (Å²) in [6.07, 6.45) is 6.14. The largest absolute Gasteiger partial charge is 0.374 e. The number of piperazine rings is 1. The van der Waals surface area contributed by atoms with Crippen LogP contribution in [0.2, 0.25) is 0 Å². The zero-order valence-corrected chi connectivity index (χ0v) is 9.54. The summed E-state index contributed by atoms with van der Waals surface area (Å²) < 4.78 is 0. The molecule has 0 radical (unpaired) electrons. The number of rotatable bonds is 1. The Bertz CT molecular complexity index is 265. The van der Waals surface area contributed by atoms with Crippen molar-refractivity contribution in [2.24, 2.45) is 0 Å². The number of carbonyl (C=O) groups excluding carboxylic acids is 1. The third kappa shape index (κ3) is 2.81. The van der Waals surface area contributed by atoms with Gasteiger partial charge in [-0.25, -0.2) is 0 Å². The van der Waals surface area contributed by atoms with Crippen LogP contribution in [-0.2, 0) is 4.79 Å². The van der Waals surface area contributed by atoms with E-state index in [0.717, 1.165) is 51.0 Å². The molecule has 0 aromatic heterocycles. The van der Waals surface area contributed by atoms with E-state index >= 15 is 0 Å². The first-order valence-corrected chi connectivity index (χ1v) is 5.92. The zero-order valence-electron chi connectivity index (χ0n) is 9.54. The summed E-state index contributed by atoms with van der Waals surface area (Å²) in [6.45, 7) is 4.34. The highest BCUT2D eigenvalue weighted by Gasteiger charge is 2.17. The molecule has 1 aliphatic heterocycles. The first-order valence-electron chi connectivity index (χ1n) is 5.92. The molecule has 84 valence electrons. The number of hydrogen-bond donors (Lipinski definition) is 0. The lowest BCUT2D eigenvalue weighted by Gasteiger charge is -2.32. The number of nitrogens with zero attached hydrogens (tertiary/aromatic N) is 2. The van der Waals surface area contributed by atoms with Gasteiger partial charge in [0, 0.05) is 44.4 Å². The minimum atomic E-state index is 0.375. The lowest BCUT2D eigenvalue weighted by atomic mass is 9.94. The van der Waals surface area contributed by atoms with Crippen LogP contribution in [-0.4, -0.2) is 48.8 Å². The van der Waals surface area contributed by atoms with Crippen LogP contribution >= 0.6 is 0 Å². The van der Waals surface area contributed by atoms with Crippen LogP contribution < -0.4 is 0 Å². The molecule has 0 unspecified atom stereocenters. The van der Waals surface area contributed by atoms with Crippen molar-refractivity contribution in [1.29, 1.82) is 0 Å². The molecule has 3 nitrogen and oxygen atoms in total. The fourth-order valence-corrected chi connectivity index (χ4v) is 2.21. The van der Waals surface area contributed by atoms with Gasteiger partial charge in [0.2, 0.25) is 0 Å². The van der Waals surface area contributed by atoms with Crippen molar-refractivity contribution in [1.82, 2.24) is 9.80 Å². The van der Waals surface area contributed by atoms with Gasteiger partial charge < -0.3 is 9.80 Å². The molecule has 1 saturated carbocycles. The molecule has 1 saturated heterocycles. The first-order chi connectivity index (χ1) is 7.25. The SMILES string of the molecule is CN1CCN(C=C2CCCCC2=O)CC1. The second-order valence-electron chi connectivity index (χ2n) is 4.62. The van der Waals surface area contributed by atoms with E-state index in [2.05, 4.69) is 23.0 Å². The molecule has 1 heterocycles. The number of hydrogen-bond acceptors (Lipinski definition) is 3. The molecule has 2 rings (SSSR count). The molecule has 0 bridgehead atoms. The van der Waals surface area contributed by atoms with E-state index in [0.29, 0.717) is 5.78 Å². The smallest absolute Gasteiger partial charge is 0.160 e. The van der Waals surface area contributed by atoms with Crippen molar-refractivity contribution in [3.63, 3.8) is 0 Å². The summed E-state index contributed by atoms with van der Waals surface area (Å²) in [7, 11) is 2.15.